The van der Waals surface area contributed by atoms with Gasteiger partial charge in [0.05, 0.1) is 12.5 Å². The van der Waals surface area contributed by atoms with E-state index >= 15 is 0 Å². The number of carboxylic acids is 1. The van der Waals surface area contributed by atoms with Crippen LogP contribution in [0.1, 0.15) is 122 Å². The van der Waals surface area contributed by atoms with Gasteiger partial charge in [-0.05, 0) is 6.42 Å². The monoisotopic (exact) mass is 407 g/mol. The first-order valence-corrected chi connectivity index (χ1v) is 11.1. The number of carboxylic acid groups (broad SMARTS) is 1. The molecule has 1 amide bonds. The molecule has 0 atom stereocenters. The van der Waals surface area contributed by atoms with Crippen LogP contribution in [0.15, 0.2) is 0 Å². The summed E-state index contributed by atoms with van der Waals surface area (Å²) in [6, 6.07) is 0. The molecule has 154 valence electrons. The Morgan fingerprint density at radius 3 is 1.30 bits per heavy atom. The van der Waals surface area contributed by atoms with Gasteiger partial charge in [-0.3, -0.25) is 4.79 Å². The van der Waals surface area contributed by atoms with Crippen LogP contribution in [0.3, 0.4) is 0 Å². The van der Waals surface area contributed by atoms with Crippen molar-refractivity contribution in [1.82, 2.24) is 5.32 Å². The first kappa shape index (κ1) is 29.8. The van der Waals surface area contributed by atoms with E-state index in [0.717, 1.165) is 12.8 Å². The minimum atomic E-state index is -1.24. The molecule has 0 heterocycles. The smallest absolute Gasteiger partial charge is 0.548 e. The van der Waals surface area contributed by atoms with Crippen molar-refractivity contribution in [3.05, 3.63) is 0 Å². The second-order valence-electron chi connectivity index (χ2n) is 7.56. The molecule has 0 aliphatic heterocycles. The largest absolute Gasteiger partial charge is 1.00 e. The van der Waals surface area contributed by atoms with Gasteiger partial charge in [0, 0.05) is 6.42 Å². The van der Waals surface area contributed by atoms with E-state index in [1.165, 1.54) is 96.3 Å². The minimum Gasteiger partial charge on any atom is -0.548 e. The molecular formula is C22H42KNO3. The Hall–Kier alpha value is 0.576. The van der Waals surface area contributed by atoms with Crippen molar-refractivity contribution in [2.45, 2.75) is 122 Å². The van der Waals surface area contributed by atoms with Gasteiger partial charge in [-0.25, -0.2) is 0 Å². The maximum Gasteiger partial charge on any atom is 1.00 e. The molecule has 0 rings (SSSR count). The maximum absolute atomic E-state index is 11.3. The summed E-state index contributed by atoms with van der Waals surface area (Å²) in [5.74, 6) is -1.42. The van der Waals surface area contributed by atoms with Gasteiger partial charge >= 0.3 is 51.4 Å². The average molecular weight is 408 g/mol. The van der Waals surface area contributed by atoms with Gasteiger partial charge in [-0.15, -0.1) is 0 Å². The molecule has 0 radical (unpaired) electrons. The topological polar surface area (TPSA) is 69.2 Å². The summed E-state index contributed by atoms with van der Waals surface area (Å²) in [5, 5.41) is 12.5. The third kappa shape index (κ3) is 26.6. The summed E-state index contributed by atoms with van der Waals surface area (Å²) in [4.78, 5) is 21.5. The van der Waals surface area contributed by atoms with Gasteiger partial charge in [0.2, 0.25) is 5.91 Å². The molecule has 0 aromatic carbocycles. The zero-order valence-corrected chi connectivity index (χ0v) is 21.3. The van der Waals surface area contributed by atoms with Crippen molar-refractivity contribution in [2.24, 2.45) is 0 Å². The molecule has 0 aromatic rings. The summed E-state index contributed by atoms with van der Waals surface area (Å²) in [6.45, 7) is 1.89. The molecule has 0 spiro atoms. The van der Waals surface area contributed by atoms with Gasteiger partial charge < -0.3 is 15.2 Å². The number of carbonyl (C=O) groups is 2. The molecule has 4 nitrogen and oxygen atoms in total. The molecule has 0 bridgehead atoms. The van der Waals surface area contributed by atoms with E-state index in [1.807, 2.05) is 0 Å². The fraction of sp³-hybridized carbons (Fsp3) is 0.909. The third-order valence-corrected chi connectivity index (χ3v) is 4.94. The first-order chi connectivity index (χ1) is 12.7. The minimum absolute atomic E-state index is 0. The Labute approximate surface area is 210 Å². The van der Waals surface area contributed by atoms with E-state index in [1.54, 1.807) is 0 Å². The van der Waals surface area contributed by atoms with Crippen molar-refractivity contribution < 1.29 is 66.1 Å². The van der Waals surface area contributed by atoms with Crippen LogP contribution in [0.4, 0.5) is 0 Å². The van der Waals surface area contributed by atoms with Crippen LogP contribution in [0.5, 0.6) is 0 Å². The predicted octanol–water partition coefficient (Wildman–Crippen LogP) is 1.90. The molecule has 5 heteroatoms. The predicted molar refractivity (Wildman–Crippen MR) is 107 cm³/mol. The SMILES string of the molecule is CCCCCCCCCCCCCCCCCCCC(=O)NCC(=O)[O-].[K+]. The van der Waals surface area contributed by atoms with E-state index in [4.69, 9.17) is 0 Å². The number of hydrogen-bond donors (Lipinski definition) is 1. The molecule has 0 aliphatic carbocycles. The van der Waals surface area contributed by atoms with Crippen LogP contribution in [0.2, 0.25) is 0 Å². The Kier molecular flexibility index (Phi) is 27.1. The fourth-order valence-electron chi connectivity index (χ4n) is 3.27. The second kappa shape index (κ2) is 24.6. The molecule has 0 aromatic heterocycles. The summed E-state index contributed by atoms with van der Waals surface area (Å²) < 4.78 is 0. The molecule has 0 aliphatic rings. The number of rotatable bonds is 20. The van der Waals surface area contributed by atoms with Gasteiger partial charge in [-0.1, -0.05) is 110 Å². The van der Waals surface area contributed by atoms with Crippen molar-refractivity contribution in [3.63, 3.8) is 0 Å². The molecule has 0 saturated heterocycles. The maximum atomic E-state index is 11.3. The Balaban J connectivity index is 0. The fourth-order valence-corrected chi connectivity index (χ4v) is 3.27. The quantitative estimate of drug-likeness (QED) is 0.247. The normalized spacial score (nSPS) is 10.4. The van der Waals surface area contributed by atoms with Crippen LogP contribution >= 0.6 is 0 Å². The van der Waals surface area contributed by atoms with Gasteiger partial charge in [0.15, 0.2) is 0 Å². The van der Waals surface area contributed by atoms with E-state index < -0.39 is 5.97 Å². The van der Waals surface area contributed by atoms with Crippen molar-refractivity contribution in [1.29, 1.82) is 0 Å². The summed E-state index contributed by atoms with van der Waals surface area (Å²) >= 11 is 0. The Morgan fingerprint density at radius 1 is 0.630 bits per heavy atom. The van der Waals surface area contributed by atoms with Crippen LogP contribution in [-0.4, -0.2) is 18.4 Å². The zero-order valence-electron chi connectivity index (χ0n) is 18.2. The number of unbranched alkanes of at least 4 members (excludes halogenated alkanes) is 16. The van der Waals surface area contributed by atoms with Crippen LogP contribution in [-0.2, 0) is 9.59 Å². The first-order valence-electron chi connectivity index (χ1n) is 11.1. The van der Waals surface area contributed by atoms with Crippen LogP contribution in [0.25, 0.3) is 0 Å². The molecular weight excluding hydrogens is 365 g/mol. The summed E-state index contributed by atoms with van der Waals surface area (Å²) in [5.41, 5.74) is 0. The van der Waals surface area contributed by atoms with E-state index in [-0.39, 0.29) is 63.8 Å². The van der Waals surface area contributed by atoms with Crippen LogP contribution in [0, 0.1) is 0 Å². The molecule has 0 fully saturated rings. The van der Waals surface area contributed by atoms with Crippen LogP contribution < -0.4 is 61.8 Å². The summed E-state index contributed by atoms with van der Waals surface area (Å²) in [7, 11) is 0. The van der Waals surface area contributed by atoms with E-state index in [9.17, 15) is 14.7 Å². The van der Waals surface area contributed by atoms with E-state index in [0.29, 0.717) is 6.42 Å². The molecule has 27 heavy (non-hydrogen) atoms. The molecule has 1 N–H and O–H groups in total. The van der Waals surface area contributed by atoms with Gasteiger partial charge in [0.1, 0.15) is 0 Å². The van der Waals surface area contributed by atoms with Crippen molar-refractivity contribution >= 4 is 11.9 Å². The number of hydrogen-bond acceptors (Lipinski definition) is 3. The van der Waals surface area contributed by atoms with Gasteiger partial charge in [-0.2, -0.15) is 0 Å². The Bertz CT molecular complexity index is 338. The van der Waals surface area contributed by atoms with Crippen molar-refractivity contribution in [2.75, 3.05) is 6.54 Å². The Morgan fingerprint density at radius 2 is 0.963 bits per heavy atom. The third-order valence-electron chi connectivity index (χ3n) is 4.94. The van der Waals surface area contributed by atoms with E-state index in [2.05, 4.69) is 12.2 Å². The standard InChI is InChI=1S/C22H43NO3.K/c1-2-3-4-5-6-7-8-9-10-11-12-13-14-15-16-17-18-19-21(24)23-20-22(25)26;/h2-20H2,1H3,(H,23,24)(H,25,26);/q;+1/p-1. The molecule has 0 saturated carbocycles. The number of amides is 1. The second-order valence-corrected chi connectivity index (χ2v) is 7.56. The number of aliphatic carboxylic acids is 1. The van der Waals surface area contributed by atoms with Crippen molar-refractivity contribution in [3.8, 4) is 0 Å². The summed E-state index contributed by atoms with van der Waals surface area (Å²) in [6.07, 6.45) is 22.8. The number of nitrogens with one attached hydrogen (secondary N) is 1. The average Bonchev–Trinajstić information content (AvgIpc) is 2.62. The zero-order chi connectivity index (χ0) is 19.3. The molecule has 0 unspecified atom stereocenters. The number of carbonyl (C=O) groups excluding carboxylic acids is 2. The van der Waals surface area contributed by atoms with Gasteiger partial charge in [0.25, 0.3) is 0 Å².